The Hall–Kier alpha value is -14.9. The van der Waals surface area contributed by atoms with E-state index in [1.54, 1.807) is 0 Å². The van der Waals surface area contributed by atoms with Gasteiger partial charge < -0.3 is 13.3 Å². The van der Waals surface area contributed by atoms with Gasteiger partial charge in [0.05, 0.1) is 0 Å². The van der Waals surface area contributed by atoms with E-state index in [0.29, 0.717) is 0 Å². The smallest absolute Gasteiger partial charge is 0.143 e. The Labute approximate surface area is 648 Å². The normalized spacial score (nSPS) is 12.1. The van der Waals surface area contributed by atoms with Crippen LogP contribution in [0.4, 0.5) is 0 Å². The fourth-order valence-corrected chi connectivity index (χ4v) is 18.9. The van der Waals surface area contributed by atoms with Crippen molar-refractivity contribution in [3.63, 3.8) is 0 Å². The van der Waals surface area contributed by atoms with Crippen LogP contribution in [-0.4, -0.2) is 0 Å². The van der Waals surface area contributed by atoms with Crippen LogP contribution in [0.15, 0.2) is 401 Å². The molecule has 3 nitrogen and oxygen atoms in total. The molecular weight excluding hydrogens is 1370 g/mol. The molecule has 0 atom stereocenters. The van der Waals surface area contributed by atoms with Crippen LogP contribution in [0.3, 0.4) is 0 Å². The maximum absolute atomic E-state index is 6.72. The molecule has 0 spiro atoms. The summed E-state index contributed by atoms with van der Waals surface area (Å²) in [5.41, 5.74) is 20.1. The van der Waals surface area contributed by atoms with Gasteiger partial charge in [-0.15, -0.1) is 0 Å². The van der Waals surface area contributed by atoms with Crippen LogP contribution in [0.1, 0.15) is 0 Å². The number of furan rings is 3. The van der Waals surface area contributed by atoms with E-state index in [2.05, 4.69) is 388 Å². The van der Waals surface area contributed by atoms with Gasteiger partial charge in [-0.25, -0.2) is 0 Å². The molecule has 522 valence electrons. The van der Waals surface area contributed by atoms with Gasteiger partial charge in [0.15, 0.2) is 0 Å². The highest BCUT2D eigenvalue weighted by atomic mass is 16.3. The van der Waals surface area contributed by atoms with E-state index in [1.807, 2.05) is 0 Å². The summed E-state index contributed by atoms with van der Waals surface area (Å²) in [7, 11) is 0. The monoisotopic (exact) mass is 1430 g/mol. The number of fused-ring (bicyclic) bond motifs is 12. The lowest BCUT2D eigenvalue weighted by Crippen LogP contribution is -1.89. The Balaban J connectivity index is 0.0000000984. The summed E-state index contributed by atoms with van der Waals surface area (Å²) in [4.78, 5) is 0. The fourth-order valence-electron chi connectivity index (χ4n) is 18.9. The van der Waals surface area contributed by atoms with Crippen molar-refractivity contribution in [2.45, 2.75) is 0 Å². The third-order valence-corrected chi connectivity index (χ3v) is 24.2. The number of rotatable bonds is 6. The number of hydrogen-bond donors (Lipinski definition) is 0. The summed E-state index contributed by atoms with van der Waals surface area (Å²) in [6, 6.07) is 140. The Morgan fingerprint density at radius 2 is 0.522 bits per heavy atom. The SMILES string of the molecule is c1cc(-c2ccc3ccc4cccc5ccc2c3c45)cc(-c2cccc3oc4cc5ccccc5cc4c23)c1.c1ccc(-c2cc(-c3ccc4ccc5cccc6ccc3c4c56)c3c(c2)oc2c4ccccc4ccc23)cc1.c1ccc(-c2ccc3oc4ccc(-c5ccc6ccc7cccc8ccc5c6c78)cc4c3c2)cc1. The molecule has 0 bridgehead atoms. The first-order valence-corrected chi connectivity index (χ1v) is 38.9. The first-order chi connectivity index (χ1) is 56.0. The van der Waals surface area contributed by atoms with Crippen LogP contribution < -0.4 is 0 Å². The summed E-state index contributed by atoms with van der Waals surface area (Å²) in [6.45, 7) is 0. The van der Waals surface area contributed by atoms with Gasteiger partial charge in [0.25, 0.3) is 0 Å². The minimum atomic E-state index is 0.920. The summed E-state index contributed by atoms with van der Waals surface area (Å²) in [5, 5.41) is 35.3. The average Bonchev–Trinajstić information content (AvgIpc) is 1.50. The van der Waals surface area contributed by atoms with E-state index in [9.17, 15) is 0 Å². The molecule has 3 heteroatoms. The summed E-state index contributed by atoms with van der Waals surface area (Å²) < 4.78 is 19.3. The molecule has 0 aliphatic heterocycles. The van der Waals surface area contributed by atoms with E-state index in [0.717, 1.165) is 66.0 Å². The largest absolute Gasteiger partial charge is 0.456 e. The van der Waals surface area contributed by atoms with Gasteiger partial charge in [-0.3, -0.25) is 0 Å². The molecular formula is C110H64O3. The molecule has 23 aromatic carbocycles. The standard InChI is InChI=1S/2C38H22O.C34H20O/c1-2-7-27-22-35-33(21-26(27)6-1)38-31(12-5-13-34(38)39-35)29-11-4-10-28(20-29)30-18-16-25-15-14-23-8-3-9-24-17-19-32(30)37(25)36(23)24;1-2-7-23(8-3-1)28-21-33(37-32-20-15-24-9-4-5-12-29(24)38(32)39-34(37)22-28)30-18-16-27-14-13-25-10-6-11-26-17-19-31(30)36(27)35(25)26;1-2-5-21(6-3-1)25-13-17-31-29(19-25)30-20-26(14-18-32(30)35-31)27-15-11-24-10-9-22-7-4-8-23-12-16-28(27)34(24)33(22)23/h2*1-22H;1-20H. The van der Waals surface area contributed by atoms with Crippen molar-refractivity contribution in [2.75, 3.05) is 0 Å². The van der Waals surface area contributed by atoms with Crippen molar-refractivity contribution in [1.29, 1.82) is 0 Å². The average molecular weight is 1430 g/mol. The molecule has 0 aliphatic rings. The van der Waals surface area contributed by atoms with E-state index in [4.69, 9.17) is 13.3 Å². The molecule has 3 heterocycles. The molecule has 0 aliphatic carbocycles. The second-order valence-corrected chi connectivity index (χ2v) is 30.4. The molecule has 0 fully saturated rings. The first kappa shape index (κ1) is 63.1. The number of benzene rings is 23. The molecule has 0 N–H and O–H groups in total. The molecule has 113 heavy (non-hydrogen) atoms. The number of hydrogen-bond acceptors (Lipinski definition) is 3. The zero-order valence-electron chi connectivity index (χ0n) is 61.2. The van der Waals surface area contributed by atoms with Crippen LogP contribution in [0.2, 0.25) is 0 Å². The van der Waals surface area contributed by atoms with E-state index in [1.165, 1.54) is 185 Å². The molecule has 3 aromatic heterocycles. The van der Waals surface area contributed by atoms with Crippen molar-refractivity contribution in [3.05, 3.63) is 388 Å². The summed E-state index contributed by atoms with van der Waals surface area (Å²) >= 11 is 0. The molecule has 26 aromatic rings. The third kappa shape index (κ3) is 9.95. The van der Waals surface area contributed by atoms with Crippen molar-refractivity contribution in [3.8, 4) is 66.8 Å². The van der Waals surface area contributed by atoms with Gasteiger partial charge in [-0.05, 0) is 247 Å². The second kappa shape index (κ2) is 24.8. The first-order valence-electron chi connectivity index (χ1n) is 38.9. The Bertz CT molecular complexity index is 8320. The second-order valence-electron chi connectivity index (χ2n) is 30.4. The highest BCUT2D eigenvalue weighted by molar-refractivity contribution is 6.30. The van der Waals surface area contributed by atoms with Crippen molar-refractivity contribution >= 4 is 184 Å². The highest BCUT2D eigenvalue weighted by Crippen LogP contribution is 2.49. The predicted molar refractivity (Wildman–Crippen MR) is 480 cm³/mol. The van der Waals surface area contributed by atoms with E-state index in [-0.39, 0.29) is 0 Å². The van der Waals surface area contributed by atoms with Crippen LogP contribution in [-0.2, 0) is 0 Å². The van der Waals surface area contributed by atoms with Crippen molar-refractivity contribution in [2.24, 2.45) is 0 Å². The van der Waals surface area contributed by atoms with Gasteiger partial charge in [0, 0.05) is 37.7 Å². The quantitative estimate of drug-likeness (QED) is 0.156. The highest BCUT2D eigenvalue weighted by Gasteiger charge is 2.23. The van der Waals surface area contributed by atoms with Gasteiger partial charge in [-0.2, -0.15) is 0 Å². The zero-order valence-corrected chi connectivity index (χ0v) is 61.2. The minimum Gasteiger partial charge on any atom is -0.456 e. The molecule has 26 rings (SSSR count). The zero-order chi connectivity index (χ0) is 73.9. The molecule has 0 unspecified atom stereocenters. The predicted octanol–water partition coefficient (Wildman–Crippen LogP) is 31.8. The van der Waals surface area contributed by atoms with Crippen LogP contribution in [0.5, 0.6) is 0 Å². The third-order valence-electron chi connectivity index (χ3n) is 24.2. The van der Waals surface area contributed by atoms with E-state index < -0.39 is 0 Å². The topological polar surface area (TPSA) is 39.4 Å². The Kier molecular flexibility index (Phi) is 13.8. The van der Waals surface area contributed by atoms with Crippen LogP contribution in [0.25, 0.3) is 251 Å². The summed E-state index contributed by atoms with van der Waals surface area (Å²) in [6.07, 6.45) is 0. The molecule has 0 amide bonds. The molecule has 0 radical (unpaired) electrons. The van der Waals surface area contributed by atoms with Gasteiger partial charge in [-0.1, -0.05) is 322 Å². The van der Waals surface area contributed by atoms with Crippen LogP contribution in [0, 0.1) is 0 Å². The van der Waals surface area contributed by atoms with Gasteiger partial charge >= 0.3 is 0 Å². The summed E-state index contributed by atoms with van der Waals surface area (Å²) in [5.74, 6) is 0. The van der Waals surface area contributed by atoms with Crippen molar-refractivity contribution in [1.82, 2.24) is 0 Å². The maximum Gasteiger partial charge on any atom is 0.143 e. The molecule has 0 saturated carbocycles. The van der Waals surface area contributed by atoms with Crippen molar-refractivity contribution < 1.29 is 13.3 Å². The maximum atomic E-state index is 6.72. The van der Waals surface area contributed by atoms with Crippen LogP contribution >= 0.6 is 0 Å². The van der Waals surface area contributed by atoms with Gasteiger partial charge in [0.2, 0.25) is 0 Å². The lowest BCUT2D eigenvalue weighted by atomic mass is 9.87. The van der Waals surface area contributed by atoms with Gasteiger partial charge in [0.1, 0.15) is 33.5 Å². The fraction of sp³-hybridized carbons (Fsp3) is 0. The lowest BCUT2D eigenvalue weighted by Gasteiger charge is -2.15. The lowest BCUT2D eigenvalue weighted by molar-refractivity contribution is 0.669. The molecule has 0 saturated heterocycles. The Morgan fingerprint density at radius 3 is 1.12 bits per heavy atom. The Morgan fingerprint density at radius 1 is 0.124 bits per heavy atom. The minimum absolute atomic E-state index is 0.920. The van der Waals surface area contributed by atoms with E-state index >= 15 is 0 Å².